The molecule has 2 aromatic rings. The van der Waals surface area contributed by atoms with Gasteiger partial charge in [0.1, 0.15) is 0 Å². The molecule has 0 aliphatic heterocycles. The average Bonchev–Trinajstić information content (AvgIpc) is 2.96. The lowest BCUT2D eigenvalue weighted by Crippen LogP contribution is -2.40. The van der Waals surface area contributed by atoms with Gasteiger partial charge < -0.3 is 9.73 Å². The summed E-state index contributed by atoms with van der Waals surface area (Å²) in [6.45, 7) is 7.01. The van der Waals surface area contributed by atoms with Crippen LogP contribution < -0.4 is 10.0 Å². The number of carbonyl (C=O) groups excluding carboxylic acids is 1. The van der Waals surface area contributed by atoms with Gasteiger partial charge in [-0.05, 0) is 57.5 Å². The van der Waals surface area contributed by atoms with Crippen LogP contribution in [0.5, 0.6) is 0 Å². The zero-order valence-electron chi connectivity index (χ0n) is 14.5. The number of hydrogen-bond donors (Lipinski definition) is 2. The summed E-state index contributed by atoms with van der Waals surface area (Å²) in [7, 11) is -3.82. The molecule has 25 heavy (non-hydrogen) atoms. The highest BCUT2D eigenvalue weighted by molar-refractivity contribution is 9.10. The van der Waals surface area contributed by atoms with E-state index in [1.165, 1.54) is 12.1 Å². The lowest BCUT2D eigenvalue weighted by molar-refractivity contribution is 0.0906. The number of rotatable bonds is 5. The first-order chi connectivity index (χ1) is 11.5. The van der Waals surface area contributed by atoms with E-state index in [1.54, 1.807) is 20.8 Å². The molecule has 0 fully saturated rings. The molecule has 0 radical (unpaired) electrons. The van der Waals surface area contributed by atoms with Crippen molar-refractivity contribution < 1.29 is 17.6 Å². The van der Waals surface area contributed by atoms with Crippen LogP contribution in [0.2, 0.25) is 0 Å². The van der Waals surface area contributed by atoms with Gasteiger partial charge in [-0.2, -0.15) is 0 Å². The van der Waals surface area contributed by atoms with E-state index in [2.05, 4.69) is 26.0 Å². The first-order valence-corrected chi connectivity index (χ1v) is 9.96. The number of nitrogens with one attached hydrogen (secondary N) is 2. The molecular weight excluding hydrogens is 408 g/mol. The van der Waals surface area contributed by atoms with Gasteiger partial charge in [-0.1, -0.05) is 28.1 Å². The SMILES string of the molecule is CC(NC(=O)c1ccc(S(=O)(=O)NC(C)(C)C)o1)c1ccc(Br)cc1. The van der Waals surface area contributed by atoms with E-state index in [0.29, 0.717) is 0 Å². The maximum absolute atomic E-state index is 12.3. The molecule has 1 atom stereocenters. The highest BCUT2D eigenvalue weighted by atomic mass is 79.9. The van der Waals surface area contributed by atoms with Crippen LogP contribution in [-0.2, 0) is 10.0 Å². The Kier molecular flexibility index (Phi) is 5.75. The van der Waals surface area contributed by atoms with Crippen molar-refractivity contribution in [3.8, 4) is 0 Å². The minimum atomic E-state index is -3.82. The molecule has 1 amide bonds. The van der Waals surface area contributed by atoms with Gasteiger partial charge in [0, 0.05) is 10.0 Å². The Hall–Kier alpha value is -1.64. The molecule has 8 heteroatoms. The van der Waals surface area contributed by atoms with Crippen LogP contribution in [0.15, 0.2) is 50.4 Å². The molecule has 1 aromatic heterocycles. The van der Waals surface area contributed by atoms with Gasteiger partial charge >= 0.3 is 0 Å². The summed E-state index contributed by atoms with van der Waals surface area (Å²) in [5.41, 5.74) is 0.273. The van der Waals surface area contributed by atoms with Crippen molar-refractivity contribution >= 4 is 31.9 Å². The molecule has 0 saturated carbocycles. The Balaban J connectivity index is 2.11. The first kappa shape index (κ1) is 19.7. The molecule has 6 nitrogen and oxygen atoms in total. The van der Waals surface area contributed by atoms with Crippen LogP contribution in [0.4, 0.5) is 0 Å². The topological polar surface area (TPSA) is 88.4 Å². The van der Waals surface area contributed by atoms with Gasteiger partial charge in [0.2, 0.25) is 5.09 Å². The van der Waals surface area contributed by atoms with E-state index < -0.39 is 21.5 Å². The van der Waals surface area contributed by atoms with Crippen LogP contribution in [0.25, 0.3) is 0 Å². The second-order valence-corrected chi connectivity index (χ2v) is 9.25. The second-order valence-electron chi connectivity index (χ2n) is 6.72. The molecule has 1 heterocycles. The van der Waals surface area contributed by atoms with Gasteiger partial charge in [-0.25, -0.2) is 13.1 Å². The summed E-state index contributed by atoms with van der Waals surface area (Å²) in [5.74, 6) is -0.536. The maximum atomic E-state index is 12.3. The summed E-state index contributed by atoms with van der Waals surface area (Å²) in [6.07, 6.45) is 0. The number of furan rings is 1. The van der Waals surface area contributed by atoms with Crippen molar-refractivity contribution in [3.05, 3.63) is 52.2 Å². The normalized spacial score (nSPS) is 13.5. The van der Waals surface area contributed by atoms with Crippen molar-refractivity contribution in [2.75, 3.05) is 0 Å². The molecule has 0 aliphatic rings. The lowest BCUT2D eigenvalue weighted by Gasteiger charge is -2.19. The van der Waals surface area contributed by atoms with Crippen molar-refractivity contribution in [2.24, 2.45) is 0 Å². The third-order valence-electron chi connectivity index (χ3n) is 3.23. The number of carbonyl (C=O) groups is 1. The standard InChI is InChI=1S/C17H21BrN2O4S/c1-11(12-5-7-13(18)8-6-12)19-16(21)14-9-10-15(24-14)25(22,23)20-17(2,3)4/h5-11,20H,1-4H3,(H,19,21). The molecule has 2 rings (SSSR count). The maximum Gasteiger partial charge on any atom is 0.287 e. The number of halogens is 1. The smallest absolute Gasteiger partial charge is 0.287 e. The third-order valence-corrected chi connectivity index (χ3v) is 5.39. The summed E-state index contributed by atoms with van der Waals surface area (Å²) in [5, 5.41) is 2.49. The Morgan fingerprint density at radius 1 is 1.12 bits per heavy atom. The molecule has 1 unspecified atom stereocenters. The Morgan fingerprint density at radius 3 is 2.28 bits per heavy atom. The lowest BCUT2D eigenvalue weighted by atomic mass is 10.1. The summed E-state index contributed by atoms with van der Waals surface area (Å²) < 4.78 is 33.1. The molecule has 0 aliphatic carbocycles. The number of benzene rings is 1. The fourth-order valence-corrected chi connectivity index (χ4v) is 3.76. The largest absolute Gasteiger partial charge is 0.438 e. The fourth-order valence-electron chi connectivity index (χ4n) is 2.14. The van der Waals surface area contributed by atoms with Crippen LogP contribution in [0.3, 0.4) is 0 Å². The highest BCUT2D eigenvalue weighted by Crippen LogP contribution is 2.19. The van der Waals surface area contributed by atoms with Crippen LogP contribution in [0, 0.1) is 0 Å². The van der Waals surface area contributed by atoms with E-state index in [4.69, 9.17) is 4.42 Å². The minimum absolute atomic E-state index is 0.0572. The van der Waals surface area contributed by atoms with E-state index in [0.717, 1.165) is 10.0 Å². The van der Waals surface area contributed by atoms with E-state index >= 15 is 0 Å². The Labute approximate surface area is 156 Å². The van der Waals surface area contributed by atoms with Crippen molar-refractivity contribution in [1.29, 1.82) is 0 Å². The van der Waals surface area contributed by atoms with E-state index in [1.807, 2.05) is 31.2 Å². The predicted octanol–water partition coefficient (Wildman–Crippen LogP) is 3.61. The minimum Gasteiger partial charge on any atom is -0.438 e. The summed E-state index contributed by atoms with van der Waals surface area (Å²) in [4.78, 5) is 12.3. The molecule has 0 saturated heterocycles. The van der Waals surface area contributed by atoms with Gasteiger partial charge in [-0.15, -0.1) is 0 Å². The zero-order chi connectivity index (χ0) is 18.8. The van der Waals surface area contributed by atoms with Crippen molar-refractivity contribution in [3.63, 3.8) is 0 Å². The molecule has 136 valence electrons. The monoisotopic (exact) mass is 428 g/mol. The number of hydrogen-bond acceptors (Lipinski definition) is 4. The molecule has 1 aromatic carbocycles. The summed E-state index contributed by atoms with van der Waals surface area (Å²) >= 11 is 3.36. The number of sulfonamides is 1. The first-order valence-electron chi connectivity index (χ1n) is 7.68. The van der Waals surface area contributed by atoms with Crippen molar-refractivity contribution in [2.45, 2.75) is 44.4 Å². The highest BCUT2D eigenvalue weighted by Gasteiger charge is 2.26. The molecular formula is C17H21BrN2O4S. The van der Waals surface area contributed by atoms with Crippen molar-refractivity contribution in [1.82, 2.24) is 10.0 Å². The van der Waals surface area contributed by atoms with E-state index in [9.17, 15) is 13.2 Å². The Morgan fingerprint density at radius 2 is 1.72 bits per heavy atom. The van der Waals surface area contributed by atoms with E-state index in [-0.39, 0.29) is 16.9 Å². The average molecular weight is 429 g/mol. The summed E-state index contributed by atoms with van der Waals surface area (Å²) in [6, 6.07) is 9.91. The van der Waals surface area contributed by atoms with Crippen LogP contribution in [0.1, 0.15) is 49.9 Å². The predicted molar refractivity (Wildman–Crippen MR) is 98.8 cm³/mol. The number of amides is 1. The molecule has 2 N–H and O–H groups in total. The fraction of sp³-hybridized carbons (Fsp3) is 0.353. The Bertz CT molecular complexity index is 852. The quantitative estimate of drug-likeness (QED) is 0.760. The van der Waals surface area contributed by atoms with Gasteiger partial charge in [-0.3, -0.25) is 4.79 Å². The molecule has 0 spiro atoms. The van der Waals surface area contributed by atoms with Gasteiger partial charge in [0.05, 0.1) is 6.04 Å². The third kappa shape index (κ3) is 5.42. The van der Waals surface area contributed by atoms with Crippen LogP contribution >= 0.6 is 15.9 Å². The zero-order valence-corrected chi connectivity index (χ0v) is 16.9. The molecule has 0 bridgehead atoms. The van der Waals surface area contributed by atoms with Crippen LogP contribution in [-0.4, -0.2) is 19.9 Å². The van der Waals surface area contributed by atoms with Gasteiger partial charge in [0.15, 0.2) is 5.76 Å². The van der Waals surface area contributed by atoms with Gasteiger partial charge in [0.25, 0.3) is 15.9 Å². The second kappa shape index (κ2) is 7.31.